The van der Waals surface area contributed by atoms with E-state index in [1.807, 2.05) is 7.05 Å². The largest absolute Gasteiger partial charge is 0.376 e. The summed E-state index contributed by atoms with van der Waals surface area (Å²) in [6, 6.07) is 0.611. The van der Waals surface area contributed by atoms with E-state index in [2.05, 4.69) is 15.6 Å². The predicted octanol–water partition coefficient (Wildman–Crippen LogP) is 1.66. The van der Waals surface area contributed by atoms with Crippen molar-refractivity contribution in [2.75, 3.05) is 20.2 Å². The molecule has 0 bridgehead atoms. The minimum atomic E-state index is 0.375. The zero-order valence-corrected chi connectivity index (χ0v) is 10.9. The second-order valence-corrected chi connectivity index (χ2v) is 5.07. The topological polar surface area (TPSA) is 45.7 Å². The summed E-state index contributed by atoms with van der Waals surface area (Å²) in [5, 5.41) is 6.89. The molecule has 0 aromatic carbocycles. The van der Waals surface area contributed by atoms with Crippen molar-refractivity contribution in [3.05, 3.63) is 0 Å². The van der Waals surface area contributed by atoms with Crippen LogP contribution in [0.5, 0.6) is 0 Å². The minimum absolute atomic E-state index is 0.375. The van der Waals surface area contributed by atoms with Gasteiger partial charge in [-0.15, -0.1) is 0 Å². The lowest BCUT2D eigenvalue weighted by Crippen LogP contribution is -2.46. The number of rotatable bonds is 3. The van der Waals surface area contributed by atoms with Crippen LogP contribution in [0.3, 0.4) is 0 Å². The number of hydrogen-bond donors (Lipinski definition) is 2. The van der Waals surface area contributed by atoms with Gasteiger partial charge in [0, 0.05) is 26.2 Å². The van der Waals surface area contributed by atoms with Crippen LogP contribution in [0.15, 0.2) is 4.99 Å². The van der Waals surface area contributed by atoms with Gasteiger partial charge in [0.25, 0.3) is 0 Å². The molecular weight excluding hydrogens is 214 g/mol. The molecule has 2 fully saturated rings. The number of nitrogens with zero attached hydrogens (tertiary/aromatic N) is 1. The third-order valence-electron chi connectivity index (χ3n) is 3.69. The first kappa shape index (κ1) is 12.7. The molecule has 1 heterocycles. The van der Waals surface area contributed by atoms with Crippen molar-refractivity contribution in [1.82, 2.24) is 10.6 Å². The molecule has 1 aliphatic carbocycles. The van der Waals surface area contributed by atoms with Gasteiger partial charge in [0.15, 0.2) is 5.96 Å². The fourth-order valence-corrected chi connectivity index (χ4v) is 2.65. The van der Waals surface area contributed by atoms with E-state index in [0.29, 0.717) is 12.1 Å². The summed E-state index contributed by atoms with van der Waals surface area (Å²) in [5.41, 5.74) is 0. The zero-order chi connectivity index (χ0) is 11.9. The molecule has 0 aromatic rings. The highest BCUT2D eigenvalue weighted by Crippen LogP contribution is 2.17. The third kappa shape index (κ3) is 4.19. The Morgan fingerprint density at radius 3 is 2.65 bits per heavy atom. The predicted molar refractivity (Wildman–Crippen MR) is 70.3 cm³/mol. The first-order chi connectivity index (χ1) is 8.38. The fraction of sp³-hybridized carbons (Fsp3) is 0.923. The lowest BCUT2D eigenvalue weighted by Gasteiger charge is -2.25. The van der Waals surface area contributed by atoms with Gasteiger partial charge < -0.3 is 15.4 Å². The first-order valence-corrected chi connectivity index (χ1v) is 6.97. The van der Waals surface area contributed by atoms with Crippen LogP contribution in [0.4, 0.5) is 0 Å². The van der Waals surface area contributed by atoms with Crippen molar-refractivity contribution >= 4 is 5.96 Å². The van der Waals surface area contributed by atoms with E-state index >= 15 is 0 Å². The number of hydrogen-bond acceptors (Lipinski definition) is 2. The van der Waals surface area contributed by atoms with Crippen LogP contribution in [-0.4, -0.2) is 38.3 Å². The average Bonchev–Trinajstić information content (AvgIpc) is 2.89. The van der Waals surface area contributed by atoms with Crippen LogP contribution < -0.4 is 10.6 Å². The van der Waals surface area contributed by atoms with E-state index in [4.69, 9.17) is 4.74 Å². The maximum Gasteiger partial charge on any atom is 0.191 e. The molecule has 2 rings (SSSR count). The molecule has 1 saturated heterocycles. The molecule has 0 radical (unpaired) electrons. The highest BCUT2D eigenvalue weighted by molar-refractivity contribution is 5.79. The van der Waals surface area contributed by atoms with E-state index in [-0.39, 0.29) is 0 Å². The van der Waals surface area contributed by atoms with E-state index in [0.717, 1.165) is 19.1 Å². The summed E-state index contributed by atoms with van der Waals surface area (Å²) < 4.78 is 5.59. The molecular formula is C13H25N3O. The van der Waals surface area contributed by atoms with Gasteiger partial charge in [-0.3, -0.25) is 4.99 Å². The van der Waals surface area contributed by atoms with Gasteiger partial charge in [-0.25, -0.2) is 0 Å². The molecule has 2 aliphatic rings. The highest BCUT2D eigenvalue weighted by atomic mass is 16.5. The maximum absolute atomic E-state index is 5.59. The van der Waals surface area contributed by atoms with E-state index in [1.54, 1.807) is 0 Å². The van der Waals surface area contributed by atoms with Crippen LogP contribution in [0.1, 0.15) is 44.9 Å². The number of ether oxygens (including phenoxy) is 1. The lowest BCUT2D eigenvalue weighted by molar-refractivity contribution is 0.113. The van der Waals surface area contributed by atoms with Gasteiger partial charge in [0.05, 0.1) is 6.10 Å². The van der Waals surface area contributed by atoms with E-state index < -0.39 is 0 Å². The van der Waals surface area contributed by atoms with Crippen molar-refractivity contribution in [3.8, 4) is 0 Å². The Labute approximate surface area is 104 Å². The van der Waals surface area contributed by atoms with Gasteiger partial charge in [-0.1, -0.05) is 19.3 Å². The van der Waals surface area contributed by atoms with Crippen molar-refractivity contribution in [2.45, 2.75) is 57.1 Å². The number of nitrogens with one attached hydrogen (secondary N) is 2. The van der Waals surface area contributed by atoms with Crippen molar-refractivity contribution < 1.29 is 4.74 Å². The summed E-state index contributed by atoms with van der Waals surface area (Å²) in [6.07, 6.45) is 9.39. The smallest absolute Gasteiger partial charge is 0.191 e. The fourth-order valence-electron chi connectivity index (χ4n) is 2.65. The van der Waals surface area contributed by atoms with Gasteiger partial charge in [-0.05, 0) is 25.7 Å². The second kappa shape index (κ2) is 6.84. The van der Waals surface area contributed by atoms with Gasteiger partial charge in [0.1, 0.15) is 0 Å². The summed E-state index contributed by atoms with van der Waals surface area (Å²) in [5.74, 6) is 0.937. The molecule has 0 aromatic heterocycles. The van der Waals surface area contributed by atoms with Crippen LogP contribution in [0.2, 0.25) is 0 Å². The molecule has 1 aliphatic heterocycles. The summed E-state index contributed by atoms with van der Waals surface area (Å²) in [4.78, 5) is 4.28. The number of guanidine groups is 1. The Bertz CT molecular complexity index is 243. The second-order valence-electron chi connectivity index (χ2n) is 5.07. The first-order valence-electron chi connectivity index (χ1n) is 6.97. The van der Waals surface area contributed by atoms with Crippen LogP contribution in [0, 0.1) is 0 Å². The Kier molecular flexibility index (Phi) is 5.10. The number of aliphatic imine (C=N–C) groups is 1. The van der Waals surface area contributed by atoms with Crippen molar-refractivity contribution in [3.63, 3.8) is 0 Å². The van der Waals surface area contributed by atoms with Gasteiger partial charge in [-0.2, -0.15) is 0 Å². The highest BCUT2D eigenvalue weighted by Gasteiger charge is 2.17. The van der Waals surface area contributed by atoms with Gasteiger partial charge in [0.2, 0.25) is 0 Å². The lowest BCUT2D eigenvalue weighted by atomic mass is 9.96. The molecule has 98 valence electrons. The van der Waals surface area contributed by atoms with E-state index in [9.17, 15) is 0 Å². The quantitative estimate of drug-likeness (QED) is 0.581. The standard InChI is InChI=1S/C13H25N3O/c1-14-13(15-10-12-8-5-9-17-12)16-11-6-3-2-4-7-11/h11-12H,2-10H2,1H3,(H2,14,15,16). The normalized spacial score (nSPS) is 27.1. The molecule has 2 N–H and O–H groups in total. The Morgan fingerprint density at radius 1 is 1.18 bits per heavy atom. The maximum atomic E-state index is 5.59. The third-order valence-corrected chi connectivity index (χ3v) is 3.69. The molecule has 0 spiro atoms. The molecule has 4 nitrogen and oxygen atoms in total. The zero-order valence-electron chi connectivity index (χ0n) is 10.9. The molecule has 0 amide bonds. The van der Waals surface area contributed by atoms with Crippen LogP contribution >= 0.6 is 0 Å². The van der Waals surface area contributed by atoms with E-state index in [1.165, 1.54) is 44.9 Å². The Morgan fingerprint density at radius 2 is 2.00 bits per heavy atom. The monoisotopic (exact) mass is 239 g/mol. The molecule has 1 saturated carbocycles. The minimum Gasteiger partial charge on any atom is -0.376 e. The SMILES string of the molecule is CN=C(NCC1CCCO1)NC1CCCCC1. The molecule has 1 unspecified atom stereocenters. The summed E-state index contributed by atoms with van der Waals surface area (Å²) in [6.45, 7) is 1.80. The summed E-state index contributed by atoms with van der Waals surface area (Å²) >= 11 is 0. The molecule has 1 atom stereocenters. The Balaban J connectivity index is 1.68. The molecule has 17 heavy (non-hydrogen) atoms. The van der Waals surface area contributed by atoms with Crippen molar-refractivity contribution in [1.29, 1.82) is 0 Å². The Hall–Kier alpha value is -0.770. The average molecular weight is 239 g/mol. The van der Waals surface area contributed by atoms with Crippen LogP contribution in [-0.2, 0) is 4.74 Å². The summed E-state index contributed by atoms with van der Waals surface area (Å²) in [7, 11) is 1.84. The molecule has 4 heteroatoms. The van der Waals surface area contributed by atoms with Crippen LogP contribution in [0.25, 0.3) is 0 Å². The van der Waals surface area contributed by atoms with Crippen molar-refractivity contribution in [2.24, 2.45) is 4.99 Å². The van der Waals surface area contributed by atoms with Gasteiger partial charge >= 0.3 is 0 Å².